The molecule has 0 aromatic rings. The van der Waals surface area contributed by atoms with E-state index in [9.17, 15) is 9.59 Å². The Morgan fingerprint density at radius 1 is 0.926 bits per heavy atom. The lowest BCUT2D eigenvalue weighted by Crippen LogP contribution is -2.49. The van der Waals surface area contributed by atoms with Crippen LogP contribution in [0, 0.1) is 5.41 Å². The maximum absolute atomic E-state index is 12.6. The Hall–Kier alpha value is -1.34. The number of hydrogen-bond donors (Lipinski definition) is 0. The number of hydrogen-bond acceptors (Lipinski definition) is 6. The van der Waals surface area contributed by atoms with Crippen molar-refractivity contribution in [2.45, 2.75) is 79.6 Å². The quantitative estimate of drug-likeness (QED) is 0.257. The van der Waals surface area contributed by atoms with Gasteiger partial charge >= 0.3 is 12.1 Å². The molecular formula is C20H38O6Si. The zero-order valence-corrected chi connectivity index (χ0v) is 19.3. The maximum Gasteiger partial charge on any atom is 0.508 e. The molecule has 0 aliphatic heterocycles. The van der Waals surface area contributed by atoms with E-state index in [0.29, 0.717) is 6.61 Å². The SMILES string of the molecule is CCOC(=O)OC/C=C(/C)C(O[Si](CC)(CC)CC)C(C)(C)C(=O)OCC. The minimum Gasteiger partial charge on any atom is -0.465 e. The monoisotopic (exact) mass is 402 g/mol. The molecule has 0 aromatic carbocycles. The van der Waals surface area contributed by atoms with Crippen LogP contribution in [0.15, 0.2) is 11.6 Å². The van der Waals surface area contributed by atoms with Gasteiger partial charge in [-0.15, -0.1) is 0 Å². The fraction of sp³-hybridized carbons (Fsp3) is 0.800. The van der Waals surface area contributed by atoms with Crippen LogP contribution < -0.4 is 0 Å². The molecule has 0 saturated heterocycles. The second kappa shape index (κ2) is 12.2. The minimum absolute atomic E-state index is 0.0718. The molecule has 158 valence electrons. The smallest absolute Gasteiger partial charge is 0.465 e. The van der Waals surface area contributed by atoms with E-state index in [1.807, 2.05) is 20.8 Å². The Morgan fingerprint density at radius 3 is 1.89 bits per heavy atom. The zero-order chi connectivity index (χ0) is 21.1. The third-order valence-corrected chi connectivity index (χ3v) is 9.64. The molecule has 0 radical (unpaired) electrons. The normalized spacial score (nSPS) is 13.9. The highest BCUT2D eigenvalue weighted by molar-refractivity contribution is 6.73. The summed E-state index contributed by atoms with van der Waals surface area (Å²) in [5.74, 6) is -0.291. The molecule has 0 spiro atoms. The third-order valence-electron chi connectivity index (χ3n) is 5.04. The van der Waals surface area contributed by atoms with Gasteiger partial charge in [0.1, 0.15) is 6.61 Å². The molecule has 0 aromatic heterocycles. The number of esters is 1. The summed E-state index contributed by atoms with van der Waals surface area (Å²) in [4.78, 5) is 24.0. The van der Waals surface area contributed by atoms with Gasteiger partial charge in [0.2, 0.25) is 0 Å². The van der Waals surface area contributed by atoms with Crippen molar-refractivity contribution in [3.8, 4) is 0 Å². The van der Waals surface area contributed by atoms with Crippen LogP contribution in [-0.4, -0.2) is 46.4 Å². The molecule has 0 fully saturated rings. The van der Waals surface area contributed by atoms with Gasteiger partial charge in [-0.1, -0.05) is 20.8 Å². The summed E-state index contributed by atoms with van der Waals surface area (Å²) in [6.07, 6.45) is 0.639. The predicted octanol–water partition coefficient (Wildman–Crippen LogP) is 5.09. The lowest BCUT2D eigenvalue weighted by molar-refractivity contribution is -0.158. The van der Waals surface area contributed by atoms with Gasteiger partial charge in [-0.2, -0.15) is 0 Å². The number of carbonyl (C=O) groups is 2. The Kier molecular flexibility index (Phi) is 11.6. The summed E-state index contributed by atoms with van der Waals surface area (Å²) >= 11 is 0. The fourth-order valence-electron chi connectivity index (χ4n) is 2.99. The molecule has 0 rings (SSSR count). The van der Waals surface area contributed by atoms with Gasteiger partial charge in [-0.25, -0.2) is 4.79 Å². The summed E-state index contributed by atoms with van der Waals surface area (Å²) in [5, 5.41) is 0. The Bertz CT molecular complexity index is 488. The summed E-state index contributed by atoms with van der Waals surface area (Å²) in [6.45, 7) is 16.2. The van der Waals surface area contributed by atoms with Gasteiger partial charge in [0.25, 0.3) is 0 Å². The molecule has 0 heterocycles. The maximum atomic E-state index is 12.6. The first-order valence-corrected chi connectivity index (χ1v) is 12.5. The molecule has 0 aliphatic rings. The Balaban J connectivity index is 5.63. The molecule has 0 bridgehead atoms. The van der Waals surface area contributed by atoms with Gasteiger partial charge in [0.15, 0.2) is 8.32 Å². The highest BCUT2D eigenvalue weighted by Crippen LogP contribution is 2.35. The number of ether oxygens (including phenoxy) is 3. The van der Waals surface area contributed by atoms with Crippen molar-refractivity contribution >= 4 is 20.4 Å². The van der Waals surface area contributed by atoms with Crippen molar-refractivity contribution in [3.05, 3.63) is 11.6 Å². The topological polar surface area (TPSA) is 71.1 Å². The Morgan fingerprint density at radius 2 is 1.44 bits per heavy atom. The van der Waals surface area contributed by atoms with Gasteiger partial charge in [-0.05, 0) is 64.4 Å². The van der Waals surface area contributed by atoms with Crippen molar-refractivity contribution in [3.63, 3.8) is 0 Å². The number of rotatable bonds is 12. The van der Waals surface area contributed by atoms with E-state index in [4.69, 9.17) is 18.6 Å². The summed E-state index contributed by atoms with van der Waals surface area (Å²) in [6, 6.07) is 2.92. The first-order valence-electron chi connectivity index (χ1n) is 9.95. The van der Waals surface area contributed by atoms with E-state index in [-0.39, 0.29) is 19.2 Å². The van der Waals surface area contributed by atoms with Crippen molar-refractivity contribution < 1.29 is 28.2 Å². The lowest BCUT2D eigenvalue weighted by Gasteiger charge is -2.40. The van der Waals surface area contributed by atoms with Gasteiger partial charge in [0.05, 0.1) is 24.7 Å². The molecule has 1 unspecified atom stereocenters. The molecule has 7 heteroatoms. The van der Waals surface area contributed by atoms with Gasteiger partial charge in [0, 0.05) is 0 Å². The molecule has 1 atom stereocenters. The average molecular weight is 403 g/mol. The van der Waals surface area contributed by atoms with E-state index >= 15 is 0 Å². The van der Waals surface area contributed by atoms with Gasteiger partial charge in [-0.3, -0.25) is 4.79 Å². The van der Waals surface area contributed by atoms with Crippen molar-refractivity contribution in [2.24, 2.45) is 5.41 Å². The zero-order valence-electron chi connectivity index (χ0n) is 18.3. The molecular weight excluding hydrogens is 364 g/mol. The van der Waals surface area contributed by atoms with Crippen LogP contribution in [0.5, 0.6) is 0 Å². The average Bonchev–Trinajstić information content (AvgIpc) is 2.63. The van der Waals surface area contributed by atoms with Crippen LogP contribution >= 0.6 is 0 Å². The summed E-state index contributed by atoms with van der Waals surface area (Å²) < 4.78 is 21.8. The molecule has 0 N–H and O–H groups in total. The van der Waals surface area contributed by atoms with Crippen molar-refractivity contribution in [1.29, 1.82) is 0 Å². The largest absolute Gasteiger partial charge is 0.508 e. The second-order valence-electron chi connectivity index (χ2n) is 7.13. The van der Waals surface area contributed by atoms with Crippen LogP contribution in [0.2, 0.25) is 18.1 Å². The van der Waals surface area contributed by atoms with E-state index in [2.05, 4.69) is 20.8 Å². The van der Waals surface area contributed by atoms with Crippen LogP contribution in [0.25, 0.3) is 0 Å². The van der Waals surface area contributed by atoms with Gasteiger partial charge < -0.3 is 18.6 Å². The third kappa shape index (κ3) is 7.66. The molecule has 6 nitrogen and oxygen atoms in total. The second-order valence-corrected chi connectivity index (χ2v) is 11.8. The van der Waals surface area contributed by atoms with E-state index in [0.717, 1.165) is 23.7 Å². The van der Waals surface area contributed by atoms with Crippen LogP contribution in [0.4, 0.5) is 4.79 Å². The highest BCUT2D eigenvalue weighted by Gasteiger charge is 2.44. The van der Waals surface area contributed by atoms with E-state index in [1.165, 1.54) is 0 Å². The molecule has 27 heavy (non-hydrogen) atoms. The fourth-order valence-corrected chi connectivity index (χ4v) is 5.97. The van der Waals surface area contributed by atoms with Crippen LogP contribution in [0.3, 0.4) is 0 Å². The predicted molar refractivity (Wildman–Crippen MR) is 109 cm³/mol. The van der Waals surface area contributed by atoms with Crippen molar-refractivity contribution in [2.75, 3.05) is 19.8 Å². The van der Waals surface area contributed by atoms with E-state index in [1.54, 1.807) is 19.9 Å². The van der Waals surface area contributed by atoms with Crippen LogP contribution in [-0.2, 0) is 23.4 Å². The summed E-state index contributed by atoms with van der Waals surface area (Å²) in [7, 11) is -1.98. The van der Waals surface area contributed by atoms with Crippen molar-refractivity contribution in [1.82, 2.24) is 0 Å². The Labute approximate surface area is 165 Å². The first-order chi connectivity index (χ1) is 12.6. The number of carbonyl (C=O) groups excluding carboxylic acids is 2. The minimum atomic E-state index is -1.98. The summed E-state index contributed by atoms with van der Waals surface area (Å²) in [5.41, 5.74) is 0.00253. The highest BCUT2D eigenvalue weighted by atomic mass is 28.4. The molecule has 0 saturated carbocycles. The van der Waals surface area contributed by atoms with Crippen LogP contribution in [0.1, 0.15) is 55.4 Å². The standard InChI is InChI=1S/C20H38O6Si/c1-9-23-18(21)20(7,8)17(26-27(11-3,12-4)13-5)16(6)14-15-25-19(22)24-10-2/h14,17H,9-13,15H2,1-8H3/b16-14-. The molecule has 0 amide bonds. The molecule has 0 aliphatic carbocycles. The lowest BCUT2D eigenvalue weighted by atomic mass is 9.83. The first kappa shape index (κ1) is 25.7. The van der Waals surface area contributed by atoms with E-state index < -0.39 is 26.0 Å².